The van der Waals surface area contributed by atoms with Gasteiger partial charge in [0.2, 0.25) is 0 Å². The molecular weight excluding hydrogens is 1150 g/mol. The van der Waals surface area contributed by atoms with Gasteiger partial charge in [0.25, 0.3) is 0 Å². The van der Waals surface area contributed by atoms with Crippen LogP contribution in [0, 0.1) is 0 Å². The fraction of sp³-hybridized carbons (Fsp3) is 0. The summed E-state index contributed by atoms with van der Waals surface area (Å²) >= 11 is 3.81. The van der Waals surface area contributed by atoms with Gasteiger partial charge >= 0.3 is 0 Å². The number of benzene rings is 17. The maximum absolute atomic E-state index is 2.39. The van der Waals surface area contributed by atoms with Gasteiger partial charge in [-0.1, -0.05) is 291 Å². The van der Waals surface area contributed by atoms with E-state index in [1.807, 2.05) is 22.7 Å². The van der Waals surface area contributed by atoms with Crippen molar-refractivity contribution in [2.45, 2.75) is 0 Å². The number of thiophene rings is 2. The molecule has 0 aliphatic carbocycles. The molecule has 0 aliphatic heterocycles. The molecule has 0 atom stereocenters. The minimum Gasteiger partial charge on any atom is -0.135 e. The van der Waals surface area contributed by atoms with Crippen LogP contribution in [0.25, 0.3) is 183 Å². The standard InChI is InChI=1S/C48H30S.C42H26S/c1-3-12-31(13-4-1)34-23-25-47-45(28-34)46-30-37(32-14-5-2-6-15-32)29-43(48(46)49-47)36-17-11-16-33(26-36)35-22-24-42-40-20-8-7-18-38(40)39-19-9-10-21-41(39)44(42)27-35;1-2-11-27(12-3-1)31-19-9-21-38-39-22-10-20-32(42(39)43-41(31)38)30-14-8-13-28(25-30)29-23-24-37-35-17-5-4-15-33(35)34-16-6-7-18-36(34)40(37)26-29/h1-30H;1-26H. The number of hydrogen-bond acceptors (Lipinski definition) is 2. The molecule has 428 valence electrons. The molecule has 0 amide bonds. The Hall–Kier alpha value is -11.3. The second-order valence-corrected chi connectivity index (χ2v) is 26.2. The molecule has 0 radical (unpaired) electrons. The molecule has 0 aliphatic rings. The fourth-order valence-electron chi connectivity index (χ4n) is 14.5. The average molecular weight is 1200 g/mol. The van der Waals surface area contributed by atoms with Gasteiger partial charge in [-0.3, -0.25) is 0 Å². The molecule has 19 rings (SSSR count). The summed E-state index contributed by atoms with van der Waals surface area (Å²) in [7, 11) is 0. The lowest BCUT2D eigenvalue weighted by atomic mass is 9.91. The number of fused-ring (bicyclic) bond motifs is 18. The summed E-state index contributed by atoms with van der Waals surface area (Å²) in [6.07, 6.45) is 0. The molecule has 0 N–H and O–H groups in total. The van der Waals surface area contributed by atoms with E-state index < -0.39 is 0 Å². The molecule has 0 spiro atoms. The molecule has 0 saturated heterocycles. The van der Waals surface area contributed by atoms with Crippen LogP contribution in [0.15, 0.2) is 340 Å². The highest BCUT2D eigenvalue weighted by atomic mass is 32.1. The number of rotatable bonds is 7. The summed E-state index contributed by atoms with van der Waals surface area (Å²) in [6.45, 7) is 0. The maximum atomic E-state index is 2.39. The predicted octanol–water partition coefficient (Wildman–Crippen LogP) is 26.7. The Bertz CT molecular complexity index is 6040. The lowest BCUT2D eigenvalue weighted by molar-refractivity contribution is 1.62. The molecule has 2 heterocycles. The largest absolute Gasteiger partial charge is 0.135 e. The van der Waals surface area contributed by atoms with Gasteiger partial charge in [-0.05, 0) is 185 Å². The van der Waals surface area contributed by atoms with Gasteiger partial charge in [-0.15, -0.1) is 22.7 Å². The first kappa shape index (κ1) is 53.7. The number of hydrogen-bond donors (Lipinski definition) is 0. The Morgan fingerprint density at radius 3 is 0.924 bits per heavy atom. The third-order valence-corrected chi connectivity index (χ3v) is 21.4. The molecule has 0 saturated carbocycles. The molecule has 0 nitrogen and oxygen atoms in total. The average Bonchev–Trinajstić information content (AvgIpc) is 1.41. The molecule has 2 aromatic heterocycles. The molecular formula is C90H56S2. The van der Waals surface area contributed by atoms with Gasteiger partial charge in [0.1, 0.15) is 0 Å². The van der Waals surface area contributed by atoms with Crippen molar-refractivity contribution in [2.24, 2.45) is 0 Å². The zero-order chi connectivity index (χ0) is 60.6. The van der Waals surface area contributed by atoms with Crippen molar-refractivity contribution in [1.29, 1.82) is 0 Å². The first-order valence-corrected chi connectivity index (χ1v) is 33.2. The topological polar surface area (TPSA) is 0 Å². The van der Waals surface area contributed by atoms with Gasteiger partial charge in [-0.25, -0.2) is 0 Å². The Morgan fingerprint density at radius 1 is 0.130 bits per heavy atom. The van der Waals surface area contributed by atoms with Crippen molar-refractivity contribution in [3.05, 3.63) is 340 Å². The Balaban J connectivity index is 0.000000137. The van der Waals surface area contributed by atoms with E-state index in [4.69, 9.17) is 0 Å². The minimum atomic E-state index is 1.22. The van der Waals surface area contributed by atoms with Crippen LogP contribution >= 0.6 is 22.7 Å². The smallest absolute Gasteiger partial charge is 0.0434 e. The second kappa shape index (κ2) is 22.3. The van der Waals surface area contributed by atoms with E-state index in [9.17, 15) is 0 Å². The minimum absolute atomic E-state index is 1.22. The zero-order valence-corrected chi connectivity index (χ0v) is 51.8. The first-order chi connectivity index (χ1) is 45.6. The van der Waals surface area contributed by atoms with E-state index in [0.29, 0.717) is 0 Å². The summed E-state index contributed by atoms with van der Waals surface area (Å²) in [5.41, 5.74) is 17.5. The van der Waals surface area contributed by atoms with Crippen LogP contribution in [-0.4, -0.2) is 0 Å². The van der Waals surface area contributed by atoms with Gasteiger partial charge in [-0.2, -0.15) is 0 Å². The first-order valence-electron chi connectivity index (χ1n) is 31.6. The molecule has 0 bridgehead atoms. The van der Waals surface area contributed by atoms with Crippen LogP contribution < -0.4 is 0 Å². The summed E-state index contributed by atoms with van der Waals surface area (Å²) in [6, 6.07) is 125. The molecule has 92 heavy (non-hydrogen) atoms. The van der Waals surface area contributed by atoms with Crippen LogP contribution in [0.2, 0.25) is 0 Å². The van der Waals surface area contributed by atoms with Gasteiger partial charge < -0.3 is 0 Å². The van der Waals surface area contributed by atoms with Gasteiger partial charge in [0.05, 0.1) is 0 Å². The van der Waals surface area contributed by atoms with Gasteiger partial charge in [0, 0.05) is 45.9 Å². The molecule has 2 heteroatoms. The second-order valence-electron chi connectivity index (χ2n) is 24.1. The highest BCUT2D eigenvalue weighted by Crippen LogP contribution is 2.48. The van der Waals surface area contributed by atoms with E-state index in [2.05, 4.69) is 340 Å². The summed E-state index contributed by atoms with van der Waals surface area (Å²) in [5, 5.41) is 20.9. The van der Waals surface area contributed by atoms with Crippen LogP contribution in [0.1, 0.15) is 0 Å². The van der Waals surface area contributed by atoms with Crippen LogP contribution in [0.5, 0.6) is 0 Å². The monoisotopic (exact) mass is 1200 g/mol. The molecule has 0 fully saturated rings. The van der Waals surface area contributed by atoms with E-state index >= 15 is 0 Å². The Kier molecular flexibility index (Phi) is 13.1. The van der Waals surface area contributed by atoms with Gasteiger partial charge in [0.15, 0.2) is 0 Å². The third-order valence-electron chi connectivity index (χ3n) is 18.9. The van der Waals surface area contributed by atoms with E-state index in [-0.39, 0.29) is 0 Å². The molecule has 17 aromatic carbocycles. The third kappa shape index (κ3) is 9.17. The van der Waals surface area contributed by atoms with Crippen molar-refractivity contribution in [3.63, 3.8) is 0 Å². The SMILES string of the molecule is c1ccc(-c2ccc3sc4c(-c5cccc(-c6ccc7c8ccccc8c8ccccc8c7c6)c5)cc(-c5ccccc5)cc4c3c2)cc1.c1ccc(-c2cccc3c2sc2c(-c4cccc(-c5ccc6c7ccccc7c7ccccc7c6c5)c4)cccc23)cc1. The Morgan fingerprint density at radius 2 is 0.435 bits per heavy atom. The van der Waals surface area contributed by atoms with Crippen LogP contribution in [0.4, 0.5) is 0 Å². The molecule has 0 unspecified atom stereocenters. The van der Waals surface area contributed by atoms with E-state index in [1.165, 1.54) is 183 Å². The lowest BCUT2D eigenvalue weighted by Gasteiger charge is -2.13. The van der Waals surface area contributed by atoms with Crippen molar-refractivity contribution in [1.82, 2.24) is 0 Å². The van der Waals surface area contributed by atoms with Crippen LogP contribution in [-0.2, 0) is 0 Å². The summed E-state index contributed by atoms with van der Waals surface area (Å²) in [4.78, 5) is 0. The molecule has 19 aromatic rings. The lowest BCUT2D eigenvalue weighted by Crippen LogP contribution is -1.86. The maximum Gasteiger partial charge on any atom is 0.0434 e. The zero-order valence-electron chi connectivity index (χ0n) is 50.1. The van der Waals surface area contributed by atoms with E-state index in [0.717, 1.165) is 0 Å². The summed E-state index contributed by atoms with van der Waals surface area (Å²) in [5.74, 6) is 0. The fourth-order valence-corrected chi connectivity index (χ4v) is 17.1. The quantitative estimate of drug-likeness (QED) is 0.140. The van der Waals surface area contributed by atoms with Crippen molar-refractivity contribution in [2.75, 3.05) is 0 Å². The van der Waals surface area contributed by atoms with Crippen molar-refractivity contribution < 1.29 is 0 Å². The van der Waals surface area contributed by atoms with E-state index in [1.54, 1.807) is 0 Å². The predicted molar refractivity (Wildman–Crippen MR) is 402 cm³/mol. The Labute approximate surface area is 541 Å². The van der Waals surface area contributed by atoms with Crippen molar-refractivity contribution >= 4 is 128 Å². The van der Waals surface area contributed by atoms with Crippen LogP contribution in [0.3, 0.4) is 0 Å². The normalized spacial score (nSPS) is 11.7. The highest BCUT2D eigenvalue weighted by molar-refractivity contribution is 7.27. The summed E-state index contributed by atoms with van der Waals surface area (Å²) < 4.78 is 5.33. The highest BCUT2D eigenvalue weighted by Gasteiger charge is 2.19. The van der Waals surface area contributed by atoms with Crippen molar-refractivity contribution in [3.8, 4) is 77.9 Å².